The van der Waals surface area contributed by atoms with Gasteiger partial charge < -0.3 is 15.8 Å². The van der Waals surface area contributed by atoms with Crippen molar-refractivity contribution in [3.8, 4) is 5.75 Å². The van der Waals surface area contributed by atoms with Gasteiger partial charge in [0, 0.05) is 18.0 Å². The van der Waals surface area contributed by atoms with Gasteiger partial charge in [-0.3, -0.25) is 4.79 Å². The highest BCUT2D eigenvalue weighted by Crippen LogP contribution is 2.30. The van der Waals surface area contributed by atoms with E-state index in [-0.39, 0.29) is 11.5 Å². The third kappa shape index (κ3) is 3.58. The number of nitrogens with one attached hydrogen (secondary N) is 1. The zero-order valence-corrected chi connectivity index (χ0v) is 13.7. The van der Waals surface area contributed by atoms with Crippen molar-refractivity contribution in [2.45, 2.75) is 6.04 Å². The molecule has 3 N–H and O–H groups in total. The van der Waals surface area contributed by atoms with Gasteiger partial charge in [0.25, 0.3) is 5.91 Å². The minimum atomic E-state index is -0.411. The van der Waals surface area contributed by atoms with E-state index in [2.05, 4.69) is 15.3 Å². The number of carbonyl (C=O) groups is 1. The minimum absolute atomic E-state index is 0.0897. The van der Waals surface area contributed by atoms with E-state index in [1.54, 1.807) is 7.11 Å². The molecule has 25 heavy (non-hydrogen) atoms. The summed E-state index contributed by atoms with van der Waals surface area (Å²) in [4.78, 5) is 20.6. The second-order valence-electron chi connectivity index (χ2n) is 5.35. The number of benzene rings is 2. The first kappa shape index (κ1) is 16.4. The number of hydrogen-bond donors (Lipinski definition) is 2. The molecular weight excluding hydrogens is 316 g/mol. The van der Waals surface area contributed by atoms with Gasteiger partial charge in [-0.1, -0.05) is 48.5 Å². The van der Waals surface area contributed by atoms with Crippen LogP contribution in [0.4, 0.5) is 5.82 Å². The van der Waals surface area contributed by atoms with Gasteiger partial charge >= 0.3 is 0 Å². The summed E-state index contributed by atoms with van der Waals surface area (Å²) in [5.41, 5.74) is 7.63. The molecule has 1 atom stereocenters. The molecule has 0 fully saturated rings. The first-order valence-corrected chi connectivity index (χ1v) is 7.76. The van der Waals surface area contributed by atoms with Gasteiger partial charge in [-0.2, -0.15) is 0 Å². The molecule has 3 rings (SSSR count). The lowest BCUT2D eigenvalue weighted by atomic mass is 9.97. The highest BCUT2D eigenvalue weighted by molar-refractivity contribution is 5.96. The molecule has 0 saturated carbocycles. The third-order valence-corrected chi connectivity index (χ3v) is 3.80. The van der Waals surface area contributed by atoms with Gasteiger partial charge in [0.15, 0.2) is 11.5 Å². The lowest BCUT2D eigenvalue weighted by molar-refractivity contribution is 0.0938. The van der Waals surface area contributed by atoms with Crippen LogP contribution in [0, 0.1) is 0 Å². The van der Waals surface area contributed by atoms with Crippen LogP contribution in [-0.4, -0.2) is 23.0 Å². The molecule has 0 unspecified atom stereocenters. The highest BCUT2D eigenvalue weighted by Gasteiger charge is 2.22. The Morgan fingerprint density at radius 3 is 2.44 bits per heavy atom. The van der Waals surface area contributed by atoms with Crippen LogP contribution in [0.1, 0.15) is 27.7 Å². The lowest BCUT2D eigenvalue weighted by Crippen LogP contribution is -2.31. The van der Waals surface area contributed by atoms with Crippen molar-refractivity contribution in [3.63, 3.8) is 0 Å². The van der Waals surface area contributed by atoms with Crippen LogP contribution in [0.5, 0.6) is 5.75 Å². The Kier molecular flexibility index (Phi) is 4.89. The average Bonchev–Trinajstić information content (AvgIpc) is 2.67. The number of nitrogens with two attached hydrogens (primary N) is 1. The molecule has 0 spiro atoms. The van der Waals surface area contributed by atoms with Gasteiger partial charge in [-0.25, -0.2) is 9.97 Å². The molecule has 1 amide bonds. The van der Waals surface area contributed by atoms with E-state index in [1.807, 2.05) is 54.6 Å². The summed E-state index contributed by atoms with van der Waals surface area (Å²) in [5, 5.41) is 2.98. The van der Waals surface area contributed by atoms with Crippen LogP contribution >= 0.6 is 0 Å². The SMILES string of the molecule is COc1ccccc1[C@H](NC(=O)c1nccnc1N)c1ccccc1. The molecular formula is C19H18N4O2. The molecule has 3 aromatic rings. The Bertz CT molecular complexity index is 868. The van der Waals surface area contributed by atoms with Crippen molar-refractivity contribution in [2.24, 2.45) is 0 Å². The summed E-state index contributed by atoms with van der Waals surface area (Å²) < 4.78 is 5.45. The lowest BCUT2D eigenvalue weighted by Gasteiger charge is -2.22. The number of hydrogen-bond acceptors (Lipinski definition) is 5. The quantitative estimate of drug-likeness (QED) is 0.748. The topological polar surface area (TPSA) is 90.1 Å². The summed E-state index contributed by atoms with van der Waals surface area (Å²) in [6, 6.07) is 16.8. The predicted molar refractivity (Wildman–Crippen MR) is 95.2 cm³/mol. The standard InChI is InChI=1S/C19H18N4O2/c1-25-15-10-6-5-9-14(15)16(13-7-3-2-4-8-13)23-19(24)17-18(20)22-12-11-21-17/h2-12,16H,1H3,(H2,20,22)(H,23,24)/t16-/m1/s1. The smallest absolute Gasteiger partial charge is 0.274 e. The van der Waals surface area contributed by atoms with Crippen molar-refractivity contribution in [1.82, 2.24) is 15.3 Å². The molecule has 0 aliphatic heterocycles. The second-order valence-corrected chi connectivity index (χ2v) is 5.35. The van der Waals surface area contributed by atoms with Crippen LogP contribution < -0.4 is 15.8 Å². The molecule has 1 aromatic heterocycles. The van der Waals surface area contributed by atoms with E-state index in [4.69, 9.17) is 10.5 Å². The molecule has 126 valence electrons. The van der Waals surface area contributed by atoms with Gasteiger partial charge in [0.05, 0.1) is 13.2 Å². The molecule has 0 bridgehead atoms. The Balaban J connectivity index is 2.01. The number of methoxy groups -OCH3 is 1. The number of anilines is 1. The van der Waals surface area contributed by atoms with Crippen LogP contribution in [0.15, 0.2) is 67.0 Å². The maximum Gasteiger partial charge on any atom is 0.274 e. The number of aromatic nitrogens is 2. The third-order valence-electron chi connectivity index (χ3n) is 3.80. The van der Waals surface area contributed by atoms with E-state index in [9.17, 15) is 4.79 Å². The normalized spacial score (nSPS) is 11.6. The molecule has 6 heteroatoms. The Labute approximate surface area is 145 Å². The monoisotopic (exact) mass is 334 g/mol. The van der Waals surface area contributed by atoms with E-state index in [0.717, 1.165) is 11.1 Å². The summed E-state index contributed by atoms with van der Waals surface area (Å²) in [6.07, 6.45) is 2.88. The van der Waals surface area contributed by atoms with Gasteiger partial charge in [0.1, 0.15) is 5.75 Å². The largest absolute Gasteiger partial charge is 0.496 e. The average molecular weight is 334 g/mol. The molecule has 0 aliphatic carbocycles. The Morgan fingerprint density at radius 1 is 1.04 bits per heavy atom. The number of para-hydroxylation sites is 1. The number of nitrogen functional groups attached to an aromatic ring is 1. The molecule has 0 saturated heterocycles. The number of carbonyl (C=O) groups excluding carboxylic acids is 1. The maximum atomic E-state index is 12.7. The Morgan fingerprint density at radius 2 is 1.72 bits per heavy atom. The van der Waals surface area contributed by atoms with Gasteiger partial charge in [0.2, 0.25) is 0 Å². The van der Waals surface area contributed by atoms with Crippen molar-refractivity contribution in [2.75, 3.05) is 12.8 Å². The van der Waals surface area contributed by atoms with Gasteiger partial charge in [-0.15, -0.1) is 0 Å². The van der Waals surface area contributed by atoms with Crippen LogP contribution in [0.2, 0.25) is 0 Å². The minimum Gasteiger partial charge on any atom is -0.496 e. The fourth-order valence-corrected chi connectivity index (χ4v) is 2.61. The van der Waals surface area contributed by atoms with Crippen molar-refractivity contribution >= 4 is 11.7 Å². The maximum absolute atomic E-state index is 12.7. The molecule has 2 aromatic carbocycles. The zero-order valence-electron chi connectivity index (χ0n) is 13.7. The Hall–Kier alpha value is -3.41. The number of ether oxygens (including phenoxy) is 1. The molecule has 0 radical (unpaired) electrons. The van der Waals surface area contributed by atoms with Crippen LogP contribution in [0.3, 0.4) is 0 Å². The second kappa shape index (κ2) is 7.44. The van der Waals surface area contributed by atoms with Crippen molar-refractivity contribution in [1.29, 1.82) is 0 Å². The molecule has 1 heterocycles. The van der Waals surface area contributed by atoms with E-state index in [0.29, 0.717) is 5.75 Å². The first-order chi connectivity index (χ1) is 12.2. The highest BCUT2D eigenvalue weighted by atomic mass is 16.5. The molecule has 0 aliphatic rings. The fourth-order valence-electron chi connectivity index (χ4n) is 2.61. The number of nitrogens with zero attached hydrogens (tertiary/aromatic N) is 2. The van der Waals surface area contributed by atoms with E-state index in [1.165, 1.54) is 12.4 Å². The summed E-state index contributed by atoms with van der Waals surface area (Å²) >= 11 is 0. The predicted octanol–water partition coefficient (Wildman–Crippen LogP) is 2.59. The molecule has 6 nitrogen and oxygen atoms in total. The summed E-state index contributed by atoms with van der Waals surface area (Å²) in [5.74, 6) is 0.376. The summed E-state index contributed by atoms with van der Waals surface area (Å²) in [6.45, 7) is 0. The van der Waals surface area contributed by atoms with Crippen molar-refractivity contribution in [3.05, 3.63) is 83.8 Å². The van der Waals surface area contributed by atoms with Gasteiger partial charge in [-0.05, 0) is 11.6 Å². The number of rotatable bonds is 5. The van der Waals surface area contributed by atoms with E-state index < -0.39 is 11.9 Å². The zero-order chi connectivity index (χ0) is 17.6. The van der Waals surface area contributed by atoms with E-state index >= 15 is 0 Å². The fraction of sp³-hybridized carbons (Fsp3) is 0.105. The van der Waals surface area contributed by atoms with Crippen LogP contribution in [0.25, 0.3) is 0 Å². The first-order valence-electron chi connectivity index (χ1n) is 7.76. The van der Waals surface area contributed by atoms with Crippen molar-refractivity contribution < 1.29 is 9.53 Å². The van der Waals surface area contributed by atoms with Crippen LogP contribution in [-0.2, 0) is 0 Å². The summed E-state index contributed by atoms with van der Waals surface area (Å²) in [7, 11) is 1.60. The number of amides is 1.